The molecule has 0 saturated heterocycles. The molecule has 0 heterocycles. The van der Waals surface area contributed by atoms with E-state index in [2.05, 4.69) is 0 Å². The molecule has 4 heteroatoms. The largest absolute Gasteiger partial charge is 0.478 e. The number of nitrogens with two attached hydrogens (primary N) is 1. The number of aryl methyl sites for hydroxylation is 1. The van der Waals surface area contributed by atoms with E-state index < -0.39 is 5.97 Å². The molecule has 0 aromatic heterocycles. The quantitative estimate of drug-likeness (QED) is 0.658. The molecule has 1 aromatic carbocycles. The molecule has 0 aliphatic carbocycles. The molecule has 0 fully saturated rings. The molecule has 64 valence electrons. The summed E-state index contributed by atoms with van der Waals surface area (Å²) in [6.45, 7) is 1.77. The highest BCUT2D eigenvalue weighted by atomic mass is 35.5. The van der Waals surface area contributed by atoms with Gasteiger partial charge in [-0.2, -0.15) is 0 Å². The number of hydrogen-bond acceptors (Lipinski definition) is 2. The minimum atomic E-state index is -1.06. The lowest BCUT2D eigenvalue weighted by Crippen LogP contribution is -2.01. The van der Waals surface area contributed by atoms with E-state index in [-0.39, 0.29) is 10.6 Å². The maximum atomic E-state index is 10.5. The Morgan fingerprint density at radius 2 is 2.17 bits per heavy atom. The van der Waals surface area contributed by atoms with Crippen LogP contribution in [0.5, 0.6) is 0 Å². The summed E-state index contributed by atoms with van der Waals surface area (Å²) in [7, 11) is 0. The van der Waals surface area contributed by atoms with Gasteiger partial charge in [-0.25, -0.2) is 4.79 Å². The second-order valence-corrected chi connectivity index (χ2v) is 2.84. The lowest BCUT2D eigenvalue weighted by Gasteiger charge is -2.04. The second kappa shape index (κ2) is 3.03. The normalized spacial score (nSPS) is 9.83. The molecule has 12 heavy (non-hydrogen) atoms. The van der Waals surface area contributed by atoms with Crippen LogP contribution in [0.3, 0.4) is 0 Å². The van der Waals surface area contributed by atoms with Crippen molar-refractivity contribution in [1.29, 1.82) is 0 Å². The number of nitrogen functional groups attached to an aromatic ring is 1. The maximum Gasteiger partial charge on any atom is 0.337 e. The summed E-state index contributed by atoms with van der Waals surface area (Å²) >= 11 is 5.69. The lowest BCUT2D eigenvalue weighted by atomic mass is 10.1. The zero-order valence-corrected chi connectivity index (χ0v) is 7.22. The van der Waals surface area contributed by atoms with Gasteiger partial charge in [0.2, 0.25) is 0 Å². The van der Waals surface area contributed by atoms with Crippen molar-refractivity contribution in [3.63, 3.8) is 0 Å². The Kier molecular flexibility index (Phi) is 2.24. The number of hydrogen-bond donors (Lipinski definition) is 2. The van der Waals surface area contributed by atoms with Crippen LogP contribution >= 0.6 is 11.6 Å². The molecule has 0 bridgehead atoms. The third kappa shape index (κ3) is 1.36. The van der Waals surface area contributed by atoms with Gasteiger partial charge in [-0.3, -0.25) is 0 Å². The first-order chi connectivity index (χ1) is 5.54. The standard InChI is InChI=1S/C8H8ClNO2/c1-4-2-3-5(8(11)12)6(9)7(4)10/h2-3H,10H2,1H3,(H,11,12). The minimum absolute atomic E-state index is 0.0415. The third-order valence-electron chi connectivity index (χ3n) is 1.63. The van der Waals surface area contributed by atoms with E-state index in [1.807, 2.05) is 0 Å². The second-order valence-electron chi connectivity index (χ2n) is 2.46. The molecule has 1 aromatic rings. The molecular formula is C8H8ClNO2. The van der Waals surface area contributed by atoms with Crippen molar-refractivity contribution in [2.45, 2.75) is 6.92 Å². The fourth-order valence-corrected chi connectivity index (χ4v) is 1.15. The summed E-state index contributed by atoms with van der Waals surface area (Å²) in [5, 5.41) is 8.75. The Bertz CT molecular complexity index is 336. The number of carboxylic acids is 1. The van der Waals surface area contributed by atoms with Crippen molar-refractivity contribution < 1.29 is 9.90 Å². The Labute approximate surface area is 74.8 Å². The molecule has 0 radical (unpaired) electrons. The minimum Gasteiger partial charge on any atom is -0.478 e. The summed E-state index contributed by atoms with van der Waals surface area (Å²) in [4.78, 5) is 10.5. The summed E-state index contributed by atoms with van der Waals surface area (Å²) in [5.41, 5.74) is 6.68. The number of rotatable bonds is 1. The van der Waals surface area contributed by atoms with Crippen LogP contribution in [0.2, 0.25) is 5.02 Å². The number of carbonyl (C=O) groups is 1. The number of halogens is 1. The van der Waals surface area contributed by atoms with Crippen LogP contribution in [-0.2, 0) is 0 Å². The predicted molar refractivity (Wildman–Crippen MR) is 47.6 cm³/mol. The zero-order chi connectivity index (χ0) is 9.30. The van der Waals surface area contributed by atoms with E-state index >= 15 is 0 Å². The molecule has 0 amide bonds. The van der Waals surface area contributed by atoms with E-state index in [1.54, 1.807) is 13.0 Å². The third-order valence-corrected chi connectivity index (χ3v) is 2.04. The van der Waals surface area contributed by atoms with E-state index in [4.69, 9.17) is 22.4 Å². The van der Waals surface area contributed by atoms with Crippen LogP contribution in [0.15, 0.2) is 12.1 Å². The van der Waals surface area contributed by atoms with Crippen LogP contribution in [0, 0.1) is 6.92 Å². The van der Waals surface area contributed by atoms with Gasteiger partial charge in [-0.15, -0.1) is 0 Å². The van der Waals surface area contributed by atoms with Crippen molar-refractivity contribution in [3.8, 4) is 0 Å². The zero-order valence-electron chi connectivity index (χ0n) is 6.47. The highest BCUT2D eigenvalue weighted by Crippen LogP contribution is 2.26. The van der Waals surface area contributed by atoms with Crippen molar-refractivity contribution in [1.82, 2.24) is 0 Å². The van der Waals surface area contributed by atoms with E-state index in [9.17, 15) is 4.79 Å². The highest BCUT2D eigenvalue weighted by Gasteiger charge is 2.11. The molecule has 0 atom stereocenters. The number of anilines is 1. The van der Waals surface area contributed by atoms with E-state index in [1.165, 1.54) is 6.07 Å². The van der Waals surface area contributed by atoms with Gasteiger partial charge >= 0.3 is 5.97 Å². The van der Waals surface area contributed by atoms with Crippen molar-refractivity contribution in [3.05, 3.63) is 28.3 Å². The monoisotopic (exact) mass is 185 g/mol. The molecule has 0 saturated carbocycles. The van der Waals surface area contributed by atoms with Gasteiger partial charge < -0.3 is 10.8 Å². The Morgan fingerprint density at radius 3 is 2.67 bits per heavy atom. The van der Waals surface area contributed by atoms with Gasteiger partial charge in [0.15, 0.2) is 0 Å². The Morgan fingerprint density at radius 1 is 1.58 bits per heavy atom. The first-order valence-electron chi connectivity index (χ1n) is 3.32. The molecule has 3 N–H and O–H groups in total. The summed E-state index contributed by atoms with van der Waals surface area (Å²) in [5.74, 6) is -1.06. The molecule has 0 spiro atoms. The molecule has 3 nitrogen and oxygen atoms in total. The van der Waals surface area contributed by atoms with Crippen molar-refractivity contribution in [2.75, 3.05) is 5.73 Å². The average molecular weight is 186 g/mol. The van der Waals surface area contributed by atoms with E-state index in [0.717, 1.165) is 5.56 Å². The van der Waals surface area contributed by atoms with Gasteiger partial charge in [0.05, 0.1) is 16.3 Å². The maximum absolute atomic E-state index is 10.5. The molecule has 0 aliphatic rings. The van der Waals surface area contributed by atoms with Crippen molar-refractivity contribution >= 4 is 23.3 Å². The first kappa shape index (κ1) is 8.87. The number of carboxylic acid groups (broad SMARTS) is 1. The van der Waals surface area contributed by atoms with Crippen LogP contribution in [0.4, 0.5) is 5.69 Å². The fourth-order valence-electron chi connectivity index (χ4n) is 0.855. The number of benzene rings is 1. The number of aromatic carboxylic acids is 1. The van der Waals surface area contributed by atoms with E-state index in [0.29, 0.717) is 5.69 Å². The fraction of sp³-hybridized carbons (Fsp3) is 0.125. The van der Waals surface area contributed by atoms with Gasteiger partial charge in [-0.1, -0.05) is 17.7 Å². The SMILES string of the molecule is Cc1ccc(C(=O)O)c(Cl)c1N. The van der Waals surface area contributed by atoms with Crippen LogP contribution < -0.4 is 5.73 Å². The molecule has 1 rings (SSSR count). The predicted octanol–water partition coefficient (Wildman–Crippen LogP) is 1.93. The Hall–Kier alpha value is -1.22. The summed E-state index contributed by atoms with van der Waals surface area (Å²) in [6, 6.07) is 3.07. The first-order valence-corrected chi connectivity index (χ1v) is 3.69. The molecular weight excluding hydrogens is 178 g/mol. The van der Waals surface area contributed by atoms with Crippen LogP contribution in [0.1, 0.15) is 15.9 Å². The Balaban J connectivity index is 3.36. The smallest absolute Gasteiger partial charge is 0.337 e. The lowest BCUT2D eigenvalue weighted by molar-refractivity contribution is 0.0697. The summed E-state index contributed by atoms with van der Waals surface area (Å²) < 4.78 is 0. The molecule has 0 unspecified atom stereocenters. The molecule has 0 aliphatic heterocycles. The summed E-state index contributed by atoms with van der Waals surface area (Å²) in [6.07, 6.45) is 0. The van der Waals surface area contributed by atoms with Gasteiger partial charge in [0.1, 0.15) is 0 Å². The average Bonchev–Trinajstić information content (AvgIpc) is 2.00. The van der Waals surface area contributed by atoms with Crippen LogP contribution in [-0.4, -0.2) is 11.1 Å². The van der Waals surface area contributed by atoms with Gasteiger partial charge in [0.25, 0.3) is 0 Å². The highest BCUT2D eigenvalue weighted by molar-refractivity contribution is 6.36. The van der Waals surface area contributed by atoms with Gasteiger partial charge in [-0.05, 0) is 18.6 Å². The van der Waals surface area contributed by atoms with Crippen molar-refractivity contribution in [2.24, 2.45) is 0 Å². The topological polar surface area (TPSA) is 63.3 Å². The van der Waals surface area contributed by atoms with Gasteiger partial charge in [0, 0.05) is 0 Å². The van der Waals surface area contributed by atoms with Crippen LogP contribution in [0.25, 0.3) is 0 Å².